The largest absolute Gasteiger partial charge is 0.324 e. The number of hydrogen-bond acceptors (Lipinski definition) is 2. The van der Waals surface area contributed by atoms with Crippen LogP contribution in [0.3, 0.4) is 0 Å². The Morgan fingerprint density at radius 1 is 1.73 bits per heavy atom. The predicted molar refractivity (Wildman–Crippen MR) is 41.4 cm³/mol. The number of hydrogen-bond donors (Lipinski definition) is 1. The van der Waals surface area contributed by atoms with Gasteiger partial charge in [0.05, 0.1) is 6.20 Å². The molecular formula is C8H11FN2. The molecule has 2 nitrogen and oxygen atoms in total. The number of rotatable bonds is 2. The molecule has 0 aromatic carbocycles. The molecule has 0 radical (unpaired) electrons. The van der Waals surface area contributed by atoms with E-state index in [4.69, 9.17) is 5.73 Å². The quantitative estimate of drug-likeness (QED) is 0.703. The summed E-state index contributed by atoms with van der Waals surface area (Å²) in [6.07, 6.45) is 3.47. The standard InChI is InChI=1S/C8H11FN2/c1-2-8(10)6-3-4-11-5-7(6)9/h3-5,8H,2,10H2,1H3. The van der Waals surface area contributed by atoms with Crippen LogP contribution in [0.2, 0.25) is 0 Å². The van der Waals surface area contributed by atoms with Crippen LogP contribution in [0.1, 0.15) is 24.9 Å². The van der Waals surface area contributed by atoms with Crippen LogP contribution in [0, 0.1) is 5.82 Å². The van der Waals surface area contributed by atoms with E-state index in [0.717, 1.165) is 6.42 Å². The van der Waals surface area contributed by atoms with Gasteiger partial charge in [0.15, 0.2) is 0 Å². The Balaban J connectivity index is 2.93. The lowest BCUT2D eigenvalue weighted by atomic mass is 10.1. The first kappa shape index (κ1) is 8.14. The molecule has 0 saturated carbocycles. The monoisotopic (exact) mass is 154 g/mol. The minimum atomic E-state index is -0.318. The van der Waals surface area contributed by atoms with E-state index in [2.05, 4.69) is 4.98 Å². The molecule has 0 bridgehead atoms. The molecule has 2 N–H and O–H groups in total. The highest BCUT2D eigenvalue weighted by molar-refractivity contribution is 5.16. The predicted octanol–water partition coefficient (Wildman–Crippen LogP) is 1.63. The first-order chi connectivity index (χ1) is 5.25. The third kappa shape index (κ3) is 1.74. The Hall–Kier alpha value is -0.960. The van der Waals surface area contributed by atoms with Crippen LogP contribution in [-0.2, 0) is 0 Å². The number of nitrogens with zero attached hydrogens (tertiary/aromatic N) is 1. The molecule has 1 aromatic rings. The van der Waals surface area contributed by atoms with Gasteiger partial charge in [0.1, 0.15) is 5.82 Å². The summed E-state index contributed by atoms with van der Waals surface area (Å²) >= 11 is 0. The Kier molecular flexibility index (Phi) is 2.54. The van der Waals surface area contributed by atoms with Crippen LogP contribution >= 0.6 is 0 Å². The van der Waals surface area contributed by atoms with Crippen molar-refractivity contribution in [3.05, 3.63) is 29.8 Å². The molecule has 0 aliphatic heterocycles. The first-order valence-electron chi connectivity index (χ1n) is 3.60. The van der Waals surface area contributed by atoms with Gasteiger partial charge in [-0.1, -0.05) is 6.92 Å². The second kappa shape index (κ2) is 3.44. The number of aromatic nitrogens is 1. The highest BCUT2D eigenvalue weighted by Gasteiger charge is 2.07. The van der Waals surface area contributed by atoms with Crippen LogP contribution in [-0.4, -0.2) is 4.98 Å². The number of pyridine rings is 1. The van der Waals surface area contributed by atoms with Crippen LogP contribution in [0.4, 0.5) is 4.39 Å². The molecule has 11 heavy (non-hydrogen) atoms. The summed E-state index contributed by atoms with van der Waals surface area (Å²) in [5.41, 5.74) is 6.17. The molecule has 60 valence electrons. The van der Waals surface area contributed by atoms with Gasteiger partial charge in [0.25, 0.3) is 0 Å². The van der Waals surface area contributed by atoms with Crippen LogP contribution in [0.15, 0.2) is 18.5 Å². The molecule has 1 aromatic heterocycles. The first-order valence-corrected chi connectivity index (χ1v) is 3.60. The van der Waals surface area contributed by atoms with Gasteiger partial charge in [-0.2, -0.15) is 0 Å². The maximum atomic E-state index is 12.9. The van der Waals surface area contributed by atoms with Gasteiger partial charge in [-0.05, 0) is 12.5 Å². The van der Waals surface area contributed by atoms with Gasteiger partial charge in [-0.25, -0.2) is 4.39 Å². The van der Waals surface area contributed by atoms with E-state index in [0.29, 0.717) is 5.56 Å². The van der Waals surface area contributed by atoms with Gasteiger partial charge in [-0.3, -0.25) is 4.98 Å². The molecule has 1 rings (SSSR count). The smallest absolute Gasteiger partial charge is 0.146 e. The molecule has 1 heterocycles. The summed E-state index contributed by atoms with van der Waals surface area (Å²) in [5, 5.41) is 0. The minimum Gasteiger partial charge on any atom is -0.324 e. The van der Waals surface area contributed by atoms with Crippen molar-refractivity contribution in [2.24, 2.45) is 5.73 Å². The zero-order chi connectivity index (χ0) is 8.27. The Morgan fingerprint density at radius 2 is 2.45 bits per heavy atom. The summed E-state index contributed by atoms with van der Waals surface area (Å²) in [5.74, 6) is -0.318. The van der Waals surface area contributed by atoms with E-state index in [-0.39, 0.29) is 11.9 Å². The van der Waals surface area contributed by atoms with E-state index in [9.17, 15) is 4.39 Å². The van der Waals surface area contributed by atoms with Crippen molar-refractivity contribution in [1.82, 2.24) is 4.98 Å². The fourth-order valence-corrected chi connectivity index (χ4v) is 0.907. The lowest BCUT2D eigenvalue weighted by molar-refractivity contribution is 0.570. The highest BCUT2D eigenvalue weighted by Crippen LogP contribution is 2.15. The normalized spacial score (nSPS) is 13.0. The number of halogens is 1. The van der Waals surface area contributed by atoms with Gasteiger partial charge >= 0.3 is 0 Å². The van der Waals surface area contributed by atoms with E-state index in [1.54, 1.807) is 12.3 Å². The third-order valence-corrected chi connectivity index (χ3v) is 1.64. The molecule has 0 amide bonds. The van der Waals surface area contributed by atoms with Gasteiger partial charge < -0.3 is 5.73 Å². The average Bonchev–Trinajstić information content (AvgIpc) is 2.04. The molecule has 0 aliphatic rings. The zero-order valence-electron chi connectivity index (χ0n) is 6.42. The maximum absolute atomic E-state index is 12.9. The van der Waals surface area contributed by atoms with Crippen molar-refractivity contribution in [2.75, 3.05) is 0 Å². The SMILES string of the molecule is CCC(N)c1ccncc1F. The van der Waals surface area contributed by atoms with Crippen molar-refractivity contribution in [2.45, 2.75) is 19.4 Å². The average molecular weight is 154 g/mol. The molecule has 1 unspecified atom stereocenters. The topological polar surface area (TPSA) is 38.9 Å². The molecule has 0 fully saturated rings. The van der Waals surface area contributed by atoms with E-state index in [1.165, 1.54) is 6.20 Å². The fourth-order valence-electron chi connectivity index (χ4n) is 0.907. The Bertz CT molecular complexity index is 237. The van der Waals surface area contributed by atoms with Gasteiger partial charge in [0, 0.05) is 17.8 Å². The Labute approximate surface area is 65.3 Å². The van der Waals surface area contributed by atoms with Crippen molar-refractivity contribution >= 4 is 0 Å². The van der Waals surface area contributed by atoms with Gasteiger partial charge in [0.2, 0.25) is 0 Å². The van der Waals surface area contributed by atoms with Crippen molar-refractivity contribution < 1.29 is 4.39 Å². The second-order valence-electron chi connectivity index (χ2n) is 2.41. The Morgan fingerprint density at radius 3 is 3.00 bits per heavy atom. The van der Waals surface area contributed by atoms with Crippen LogP contribution < -0.4 is 5.73 Å². The van der Waals surface area contributed by atoms with E-state index >= 15 is 0 Å². The summed E-state index contributed by atoms with van der Waals surface area (Å²) < 4.78 is 12.9. The third-order valence-electron chi connectivity index (χ3n) is 1.64. The van der Waals surface area contributed by atoms with E-state index < -0.39 is 0 Å². The summed E-state index contributed by atoms with van der Waals surface area (Å²) in [6, 6.07) is 1.40. The van der Waals surface area contributed by atoms with Crippen molar-refractivity contribution in [3.8, 4) is 0 Å². The fraction of sp³-hybridized carbons (Fsp3) is 0.375. The second-order valence-corrected chi connectivity index (χ2v) is 2.41. The van der Waals surface area contributed by atoms with Crippen LogP contribution in [0.25, 0.3) is 0 Å². The molecular weight excluding hydrogens is 143 g/mol. The lowest BCUT2D eigenvalue weighted by Gasteiger charge is -2.08. The number of nitrogens with two attached hydrogens (primary N) is 1. The van der Waals surface area contributed by atoms with E-state index in [1.807, 2.05) is 6.92 Å². The van der Waals surface area contributed by atoms with Crippen LogP contribution in [0.5, 0.6) is 0 Å². The molecule has 0 aliphatic carbocycles. The minimum absolute atomic E-state index is 0.210. The summed E-state index contributed by atoms with van der Waals surface area (Å²) in [6.45, 7) is 1.92. The van der Waals surface area contributed by atoms with Crippen molar-refractivity contribution in [3.63, 3.8) is 0 Å². The summed E-state index contributed by atoms with van der Waals surface area (Å²) in [4.78, 5) is 3.63. The molecule has 3 heteroatoms. The van der Waals surface area contributed by atoms with Gasteiger partial charge in [-0.15, -0.1) is 0 Å². The molecule has 0 spiro atoms. The molecule has 0 saturated heterocycles. The zero-order valence-corrected chi connectivity index (χ0v) is 6.42. The van der Waals surface area contributed by atoms with Crippen molar-refractivity contribution in [1.29, 1.82) is 0 Å². The maximum Gasteiger partial charge on any atom is 0.146 e. The molecule has 1 atom stereocenters. The lowest BCUT2D eigenvalue weighted by Crippen LogP contribution is -2.10. The highest BCUT2D eigenvalue weighted by atomic mass is 19.1. The summed E-state index contributed by atoms with van der Waals surface area (Å²) in [7, 11) is 0.